The normalized spacial score (nSPS) is 17.4. The van der Waals surface area contributed by atoms with Crippen molar-refractivity contribution in [3.05, 3.63) is 69.6 Å². The fourth-order valence-corrected chi connectivity index (χ4v) is 4.01. The summed E-state index contributed by atoms with van der Waals surface area (Å²) in [6.45, 7) is 2.00. The third-order valence-electron chi connectivity index (χ3n) is 4.85. The SMILES string of the molecule is COc1ccc(NC2(O)CSc3nnc(Cc4ccc(C)cc4)c(=O)n3N2)c(OC)c1. The van der Waals surface area contributed by atoms with Gasteiger partial charge >= 0.3 is 0 Å². The van der Waals surface area contributed by atoms with Crippen molar-refractivity contribution in [2.45, 2.75) is 24.3 Å². The van der Waals surface area contributed by atoms with Crippen LogP contribution in [0.1, 0.15) is 16.8 Å². The number of rotatable bonds is 6. The average molecular weight is 442 g/mol. The van der Waals surface area contributed by atoms with Gasteiger partial charge in [0.2, 0.25) is 11.0 Å². The Labute approximate surface area is 183 Å². The number of anilines is 1. The first-order valence-corrected chi connectivity index (χ1v) is 10.6. The molecular formula is C21H23N5O4S. The Morgan fingerprint density at radius 2 is 1.97 bits per heavy atom. The van der Waals surface area contributed by atoms with Crippen molar-refractivity contribution in [1.29, 1.82) is 0 Å². The van der Waals surface area contributed by atoms with Gasteiger partial charge in [-0.2, -0.15) is 4.68 Å². The molecule has 1 atom stereocenters. The van der Waals surface area contributed by atoms with Gasteiger partial charge in [0.05, 0.1) is 25.7 Å². The van der Waals surface area contributed by atoms with E-state index in [1.807, 2.05) is 31.2 Å². The highest BCUT2D eigenvalue weighted by Crippen LogP contribution is 2.33. The second-order valence-electron chi connectivity index (χ2n) is 7.18. The van der Waals surface area contributed by atoms with Gasteiger partial charge in [-0.15, -0.1) is 10.2 Å². The van der Waals surface area contributed by atoms with Gasteiger partial charge in [-0.05, 0) is 24.6 Å². The zero-order valence-electron chi connectivity index (χ0n) is 17.4. The summed E-state index contributed by atoms with van der Waals surface area (Å²) >= 11 is 1.22. The van der Waals surface area contributed by atoms with Crippen LogP contribution in [-0.2, 0) is 6.42 Å². The number of ether oxygens (including phenoxy) is 2. The molecule has 31 heavy (non-hydrogen) atoms. The van der Waals surface area contributed by atoms with E-state index in [0.29, 0.717) is 28.8 Å². The van der Waals surface area contributed by atoms with Gasteiger partial charge in [-0.25, -0.2) is 0 Å². The molecule has 3 aromatic rings. The van der Waals surface area contributed by atoms with Gasteiger partial charge in [0, 0.05) is 12.5 Å². The monoisotopic (exact) mass is 441 g/mol. The van der Waals surface area contributed by atoms with E-state index in [1.165, 1.54) is 23.5 Å². The summed E-state index contributed by atoms with van der Waals surface area (Å²) in [5, 5.41) is 22.8. The fourth-order valence-electron chi connectivity index (χ4n) is 3.18. The maximum absolute atomic E-state index is 13.0. The molecule has 1 aromatic heterocycles. The smallest absolute Gasteiger partial charge is 0.295 e. The number of thioether (sulfide) groups is 1. The molecule has 162 valence electrons. The highest BCUT2D eigenvalue weighted by atomic mass is 32.2. The predicted molar refractivity (Wildman–Crippen MR) is 118 cm³/mol. The van der Waals surface area contributed by atoms with Crippen LogP contribution in [0.2, 0.25) is 0 Å². The molecule has 0 spiro atoms. The summed E-state index contributed by atoms with van der Waals surface area (Å²) in [6, 6.07) is 13.1. The molecule has 1 unspecified atom stereocenters. The molecule has 0 radical (unpaired) electrons. The van der Waals surface area contributed by atoms with E-state index in [-0.39, 0.29) is 17.0 Å². The Morgan fingerprint density at radius 1 is 1.19 bits per heavy atom. The quantitative estimate of drug-likeness (QED) is 0.494. The minimum Gasteiger partial charge on any atom is -0.497 e. The van der Waals surface area contributed by atoms with Crippen molar-refractivity contribution in [3.63, 3.8) is 0 Å². The number of aryl methyl sites for hydroxylation is 1. The minimum atomic E-state index is -1.62. The summed E-state index contributed by atoms with van der Waals surface area (Å²) in [5.74, 6) is -0.315. The first-order valence-electron chi connectivity index (χ1n) is 9.58. The second kappa shape index (κ2) is 8.48. The van der Waals surface area contributed by atoms with E-state index in [9.17, 15) is 9.90 Å². The zero-order valence-corrected chi connectivity index (χ0v) is 18.2. The Morgan fingerprint density at radius 3 is 2.68 bits per heavy atom. The number of benzene rings is 2. The molecule has 1 aliphatic heterocycles. The third kappa shape index (κ3) is 4.44. The van der Waals surface area contributed by atoms with Crippen LogP contribution in [0, 0.1) is 6.92 Å². The molecule has 9 nitrogen and oxygen atoms in total. The highest BCUT2D eigenvalue weighted by Gasteiger charge is 2.35. The van der Waals surface area contributed by atoms with E-state index in [4.69, 9.17) is 9.47 Å². The number of aliphatic hydroxyl groups is 1. The molecule has 0 saturated heterocycles. The molecule has 0 amide bonds. The lowest BCUT2D eigenvalue weighted by atomic mass is 10.1. The van der Waals surface area contributed by atoms with Crippen LogP contribution in [0.25, 0.3) is 0 Å². The molecule has 0 saturated carbocycles. The molecular weight excluding hydrogens is 418 g/mol. The number of aromatic nitrogens is 3. The van der Waals surface area contributed by atoms with Crippen molar-refractivity contribution < 1.29 is 14.6 Å². The Balaban J connectivity index is 1.60. The van der Waals surface area contributed by atoms with Gasteiger partial charge < -0.3 is 19.9 Å². The summed E-state index contributed by atoms with van der Waals surface area (Å²) in [4.78, 5) is 13.0. The van der Waals surface area contributed by atoms with Crippen molar-refractivity contribution in [3.8, 4) is 11.5 Å². The van der Waals surface area contributed by atoms with E-state index in [2.05, 4.69) is 20.9 Å². The van der Waals surface area contributed by atoms with Crippen molar-refractivity contribution in [2.24, 2.45) is 0 Å². The van der Waals surface area contributed by atoms with Crippen molar-refractivity contribution in [1.82, 2.24) is 14.9 Å². The molecule has 0 bridgehead atoms. The highest BCUT2D eigenvalue weighted by molar-refractivity contribution is 7.99. The zero-order chi connectivity index (χ0) is 22.0. The Bertz CT molecular complexity index is 1150. The van der Waals surface area contributed by atoms with Crippen molar-refractivity contribution >= 4 is 17.4 Å². The summed E-state index contributed by atoms with van der Waals surface area (Å²) in [6.07, 6.45) is 0.344. The van der Waals surface area contributed by atoms with Crippen LogP contribution in [0.5, 0.6) is 11.5 Å². The van der Waals surface area contributed by atoms with Crippen LogP contribution >= 0.6 is 11.8 Å². The van der Waals surface area contributed by atoms with E-state index in [0.717, 1.165) is 11.1 Å². The van der Waals surface area contributed by atoms with E-state index < -0.39 is 5.85 Å². The van der Waals surface area contributed by atoms with E-state index >= 15 is 0 Å². The van der Waals surface area contributed by atoms with Gasteiger partial charge in [0.15, 0.2) is 0 Å². The maximum atomic E-state index is 13.0. The second-order valence-corrected chi connectivity index (χ2v) is 8.13. The van der Waals surface area contributed by atoms with Crippen LogP contribution < -0.4 is 25.8 Å². The lowest BCUT2D eigenvalue weighted by Crippen LogP contribution is -2.57. The maximum Gasteiger partial charge on any atom is 0.295 e. The topological polar surface area (TPSA) is 111 Å². The summed E-state index contributed by atoms with van der Waals surface area (Å²) in [5.41, 5.74) is 5.40. The number of hydrogen-bond donors (Lipinski definition) is 3. The standard InChI is InChI=1S/C21H23N5O4S/c1-13-4-6-14(7-5-13)10-17-19(27)26-20(24-23-17)31-12-21(28,25-26)22-16-9-8-15(29-2)11-18(16)30-3/h4-9,11,22,25,28H,10,12H2,1-3H3. The summed E-state index contributed by atoms with van der Waals surface area (Å²) in [7, 11) is 3.09. The Hall–Kier alpha value is -3.24. The molecule has 10 heteroatoms. The number of fused-ring (bicyclic) bond motifs is 1. The molecule has 2 heterocycles. The van der Waals surface area contributed by atoms with Gasteiger partial charge in [0.25, 0.3) is 5.56 Å². The molecule has 4 rings (SSSR count). The molecule has 1 aliphatic rings. The number of nitrogens with zero attached hydrogens (tertiary/aromatic N) is 3. The fraction of sp³-hybridized carbons (Fsp3) is 0.286. The van der Waals surface area contributed by atoms with Crippen LogP contribution in [-0.4, -0.2) is 45.8 Å². The first-order chi connectivity index (χ1) is 14.9. The predicted octanol–water partition coefficient (Wildman–Crippen LogP) is 1.96. The van der Waals surface area contributed by atoms with Crippen LogP contribution in [0.15, 0.2) is 52.4 Å². The first kappa shape index (κ1) is 21.0. The lowest BCUT2D eigenvalue weighted by Gasteiger charge is -2.36. The van der Waals surface area contributed by atoms with Gasteiger partial charge in [0.1, 0.15) is 17.2 Å². The summed E-state index contributed by atoms with van der Waals surface area (Å²) < 4.78 is 11.8. The minimum absolute atomic E-state index is 0.188. The van der Waals surface area contributed by atoms with Gasteiger partial charge in [-0.3, -0.25) is 10.2 Å². The third-order valence-corrected chi connectivity index (χ3v) is 5.93. The Kier molecular flexibility index (Phi) is 5.75. The van der Waals surface area contributed by atoms with E-state index in [1.54, 1.807) is 25.3 Å². The molecule has 0 aliphatic carbocycles. The van der Waals surface area contributed by atoms with Gasteiger partial charge in [-0.1, -0.05) is 41.6 Å². The molecule has 3 N–H and O–H groups in total. The number of nitrogens with one attached hydrogen (secondary N) is 2. The average Bonchev–Trinajstić information content (AvgIpc) is 2.77. The van der Waals surface area contributed by atoms with Crippen molar-refractivity contribution in [2.75, 3.05) is 30.7 Å². The lowest BCUT2D eigenvalue weighted by molar-refractivity contribution is 0.103. The number of hydrogen-bond acceptors (Lipinski definition) is 9. The largest absolute Gasteiger partial charge is 0.497 e. The van der Waals surface area contributed by atoms with Crippen LogP contribution in [0.4, 0.5) is 5.69 Å². The molecule has 0 fully saturated rings. The van der Waals surface area contributed by atoms with Crippen LogP contribution in [0.3, 0.4) is 0 Å². The molecule has 2 aromatic carbocycles. The number of methoxy groups -OCH3 is 2.